The first-order valence-electron chi connectivity index (χ1n) is 2.59. The third-order valence-electron chi connectivity index (χ3n) is 1.13. The van der Waals surface area contributed by atoms with Crippen LogP contribution < -0.4 is 5.73 Å². The second-order valence-corrected chi connectivity index (χ2v) is 2.24. The van der Waals surface area contributed by atoms with Gasteiger partial charge in [-0.25, -0.2) is 0 Å². The summed E-state index contributed by atoms with van der Waals surface area (Å²) < 4.78 is 0. The summed E-state index contributed by atoms with van der Waals surface area (Å²) in [6, 6.07) is 2.82. The molecule has 0 aliphatic heterocycles. The average Bonchev–Trinajstić information content (AvgIpc) is 1.93. The summed E-state index contributed by atoms with van der Waals surface area (Å²) in [5, 5.41) is 17.9. The second-order valence-electron chi connectivity index (χ2n) is 1.83. The van der Waals surface area contributed by atoms with E-state index in [1.165, 1.54) is 12.1 Å². The molecule has 4 heteroatoms. The van der Waals surface area contributed by atoms with Gasteiger partial charge < -0.3 is 15.9 Å². The van der Waals surface area contributed by atoms with Crippen molar-refractivity contribution in [3.63, 3.8) is 0 Å². The maximum Gasteiger partial charge on any atom is 0.182 e. The van der Waals surface area contributed by atoms with Crippen molar-refractivity contribution in [2.75, 3.05) is 5.73 Å². The molecular weight excluding hydrogens is 154 g/mol. The molecule has 1 aromatic carbocycles. The number of aromatic hydroxyl groups is 2. The third-order valence-corrected chi connectivity index (χ3v) is 1.44. The fraction of sp³-hybridized carbons (Fsp3) is 0. The van der Waals surface area contributed by atoms with E-state index in [0.717, 1.165) is 0 Å². The lowest BCUT2D eigenvalue weighted by Crippen LogP contribution is -1.84. The Hall–Kier alpha value is -1.09. The molecule has 0 atom stereocenters. The van der Waals surface area contributed by atoms with Crippen LogP contribution in [0.4, 0.5) is 5.69 Å². The second kappa shape index (κ2) is 2.27. The van der Waals surface area contributed by atoms with Crippen molar-refractivity contribution < 1.29 is 10.2 Å². The Kier molecular flexibility index (Phi) is 1.59. The summed E-state index contributed by atoms with van der Waals surface area (Å²) in [7, 11) is 0. The fourth-order valence-corrected chi connectivity index (χ4v) is 0.723. The molecule has 0 saturated heterocycles. The predicted molar refractivity (Wildman–Crippen MR) is 39.2 cm³/mol. The largest absolute Gasteiger partial charge is 0.503 e. The van der Waals surface area contributed by atoms with Gasteiger partial charge in [0, 0.05) is 0 Å². The van der Waals surface area contributed by atoms with Gasteiger partial charge in [-0.1, -0.05) is 11.6 Å². The van der Waals surface area contributed by atoms with Gasteiger partial charge in [-0.2, -0.15) is 0 Å². The van der Waals surface area contributed by atoms with Crippen LogP contribution in [0.1, 0.15) is 0 Å². The molecule has 1 aromatic rings. The number of hydrogen-bond acceptors (Lipinski definition) is 3. The standard InChI is InChI=1S/C6H6ClNO2/c7-3-1-2-4(8)6(10)5(3)9/h1-2,9-10H,8H2. The van der Waals surface area contributed by atoms with Gasteiger partial charge in [0.25, 0.3) is 0 Å². The molecule has 0 aliphatic carbocycles. The molecule has 1 rings (SSSR count). The Morgan fingerprint density at radius 3 is 2.30 bits per heavy atom. The highest BCUT2D eigenvalue weighted by Crippen LogP contribution is 2.36. The van der Waals surface area contributed by atoms with Gasteiger partial charge in [0.1, 0.15) is 0 Å². The van der Waals surface area contributed by atoms with E-state index in [1.807, 2.05) is 0 Å². The van der Waals surface area contributed by atoms with Gasteiger partial charge in [0.05, 0.1) is 10.7 Å². The van der Waals surface area contributed by atoms with E-state index in [-0.39, 0.29) is 22.2 Å². The summed E-state index contributed by atoms with van der Waals surface area (Å²) in [6.07, 6.45) is 0. The molecule has 0 saturated carbocycles. The number of phenolic OH excluding ortho intramolecular Hbond substituents is 2. The van der Waals surface area contributed by atoms with E-state index in [1.54, 1.807) is 0 Å². The molecule has 0 fully saturated rings. The number of anilines is 1. The Balaban J connectivity index is 3.34. The highest BCUT2D eigenvalue weighted by molar-refractivity contribution is 6.32. The first-order chi connectivity index (χ1) is 4.63. The quantitative estimate of drug-likeness (QED) is 0.395. The Morgan fingerprint density at radius 1 is 1.20 bits per heavy atom. The maximum absolute atomic E-state index is 8.93. The normalized spacial score (nSPS) is 9.70. The zero-order chi connectivity index (χ0) is 7.72. The van der Waals surface area contributed by atoms with Crippen LogP contribution in [0.3, 0.4) is 0 Å². The van der Waals surface area contributed by atoms with E-state index >= 15 is 0 Å². The molecule has 10 heavy (non-hydrogen) atoms. The van der Waals surface area contributed by atoms with Gasteiger partial charge in [-0.3, -0.25) is 0 Å². The van der Waals surface area contributed by atoms with Crippen LogP contribution in [0.5, 0.6) is 11.5 Å². The number of nitrogen functional groups attached to an aromatic ring is 1. The van der Waals surface area contributed by atoms with Gasteiger partial charge in [-0.05, 0) is 12.1 Å². The Bertz CT molecular complexity index is 235. The van der Waals surface area contributed by atoms with Crippen molar-refractivity contribution in [2.24, 2.45) is 0 Å². The molecule has 0 spiro atoms. The number of benzene rings is 1. The zero-order valence-corrected chi connectivity index (χ0v) is 5.76. The van der Waals surface area contributed by atoms with Gasteiger partial charge in [0.15, 0.2) is 11.5 Å². The lowest BCUT2D eigenvalue weighted by Gasteiger charge is -2.01. The molecule has 0 aromatic heterocycles. The minimum absolute atomic E-state index is 0.0895. The molecule has 54 valence electrons. The number of rotatable bonds is 0. The van der Waals surface area contributed by atoms with Crippen LogP contribution in [0.2, 0.25) is 5.02 Å². The van der Waals surface area contributed by atoms with Crippen molar-refractivity contribution >= 4 is 17.3 Å². The number of hydrogen-bond donors (Lipinski definition) is 3. The van der Waals surface area contributed by atoms with Gasteiger partial charge in [-0.15, -0.1) is 0 Å². The zero-order valence-electron chi connectivity index (χ0n) is 5.00. The van der Waals surface area contributed by atoms with Crippen molar-refractivity contribution in [3.8, 4) is 11.5 Å². The number of nitrogens with two attached hydrogens (primary N) is 1. The van der Waals surface area contributed by atoms with Crippen molar-refractivity contribution in [1.82, 2.24) is 0 Å². The fourth-order valence-electron chi connectivity index (χ4n) is 0.571. The molecule has 0 heterocycles. The average molecular weight is 160 g/mol. The third kappa shape index (κ3) is 0.953. The van der Waals surface area contributed by atoms with Crippen molar-refractivity contribution in [1.29, 1.82) is 0 Å². The molecule has 3 nitrogen and oxygen atoms in total. The van der Waals surface area contributed by atoms with Crippen LogP contribution in [0, 0.1) is 0 Å². The van der Waals surface area contributed by atoms with E-state index in [2.05, 4.69) is 0 Å². The first-order valence-corrected chi connectivity index (χ1v) is 2.96. The summed E-state index contributed by atoms with van der Waals surface area (Å²) >= 11 is 5.42. The van der Waals surface area contributed by atoms with Crippen molar-refractivity contribution in [3.05, 3.63) is 17.2 Å². The van der Waals surface area contributed by atoms with Gasteiger partial charge in [0.2, 0.25) is 0 Å². The predicted octanol–water partition coefficient (Wildman–Crippen LogP) is 1.33. The van der Waals surface area contributed by atoms with E-state index < -0.39 is 0 Å². The van der Waals surface area contributed by atoms with Crippen molar-refractivity contribution in [2.45, 2.75) is 0 Å². The summed E-state index contributed by atoms with van der Waals surface area (Å²) in [5.41, 5.74) is 5.33. The number of halogens is 1. The Morgan fingerprint density at radius 2 is 1.80 bits per heavy atom. The molecule has 0 aliphatic rings. The van der Waals surface area contributed by atoms with Gasteiger partial charge >= 0.3 is 0 Å². The summed E-state index contributed by atoms with van der Waals surface area (Å²) in [4.78, 5) is 0. The maximum atomic E-state index is 8.93. The molecule has 0 amide bonds. The highest BCUT2D eigenvalue weighted by atomic mass is 35.5. The van der Waals surface area contributed by atoms with Crippen LogP contribution in [-0.2, 0) is 0 Å². The SMILES string of the molecule is Nc1ccc(Cl)c(O)c1O. The lowest BCUT2D eigenvalue weighted by atomic mass is 10.3. The molecule has 0 radical (unpaired) electrons. The smallest absolute Gasteiger partial charge is 0.182 e. The topological polar surface area (TPSA) is 66.5 Å². The summed E-state index contributed by atoms with van der Waals surface area (Å²) in [5.74, 6) is -0.742. The van der Waals surface area contributed by atoms with Crippen LogP contribution in [0.25, 0.3) is 0 Å². The summed E-state index contributed by atoms with van der Waals surface area (Å²) in [6.45, 7) is 0. The number of phenols is 2. The molecule has 0 bridgehead atoms. The first kappa shape index (κ1) is 7.02. The lowest BCUT2D eigenvalue weighted by molar-refractivity contribution is 0.406. The highest BCUT2D eigenvalue weighted by Gasteiger charge is 2.06. The van der Waals surface area contributed by atoms with E-state index in [0.29, 0.717) is 0 Å². The van der Waals surface area contributed by atoms with Crippen LogP contribution in [0.15, 0.2) is 12.1 Å². The molecular formula is C6H6ClNO2. The van der Waals surface area contributed by atoms with E-state index in [4.69, 9.17) is 27.5 Å². The minimum atomic E-state index is -0.373. The minimum Gasteiger partial charge on any atom is -0.503 e. The van der Waals surface area contributed by atoms with Crippen LogP contribution >= 0.6 is 11.6 Å². The van der Waals surface area contributed by atoms with Crippen LogP contribution in [-0.4, -0.2) is 10.2 Å². The Labute approximate surface area is 62.7 Å². The molecule has 4 N–H and O–H groups in total. The monoisotopic (exact) mass is 159 g/mol. The molecule has 0 unspecified atom stereocenters. The van der Waals surface area contributed by atoms with E-state index in [9.17, 15) is 0 Å².